The van der Waals surface area contributed by atoms with Crippen molar-refractivity contribution in [3.63, 3.8) is 0 Å². The van der Waals surface area contributed by atoms with Gasteiger partial charge in [0.2, 0.25) is 0 Å². The maximum atomic E-state index is 11.3. The lowest BCUT2D eigenvalue weighted by molar-refractivity contribution is 0.130. The van der Waals surface area contributed by atoms with Crippen LogP contribution in [0.25, 0.3) is 0 Å². The first kappa shape index (κ1) is 17.8. The number of halogens is 1. The maximum absolute atomic E-state index is 11.3. The van der Waals surface area contributed by atoms with E-state index in [0.29, 0.717) is 23.0 Å². The molecule has 1 amide bonds. The molecule has 1 N–H and O–H groups in total. The Morgan fingerprint density at radius 2 is 2.04 bits per heavy atom. The minimum absolute atomic E-state index is 0.389. The summed E-state index contributed by atoms with van der Waals surface area (Å²) in [6.45, 7) is 4.24. The molecule has 2 aromatic rings. The van der Waals surface area contributed by atoms with Gasteiger partial charge in [-0.2, -0.15) is 0 Å². The number of nitrogens with zero attached hydrogens (tertiary/aromatic N) is 1. The van der Waals surface area contributed by atoms with Crippen LogP contribution in [0.15, 0.2) is 47.6 Å². The minimum Gasteiger partial charge on any atom is -0.453 e. The number of aryl methyl sites for hydroxylation is 1. The third kappa shape index (κ3) is 4.99. The molecule has 0 aliphatic carbocycles. The molecule has 24 heavy (non-hydrogen) atoms. The van der Waals surface area contributed by atoms with Gasteiger partial charge in [0.25, 0.3) is 0 Å². The van der Waals surface area contributed by atoms with Crippen molar-refractivity contribution in [1.29, 1.82) is 0 Å². The van der Waals surface area contributed by atoms with Gasteiger partial charge in [-0.15, -0.1) is 0 Å². The SMILES string of the molecule is COC(=O)Nc1cc(C(C)=NOCc2cccc(C)c2)ccc1Cl. The highest BCUT2D eigenvalue weighted by Gasteiger charge is 2.08. The Labute approximate surface area is 146 Å². The number of methoxy groups -OCH3 is 1. The van der Waals surface area contributed by atoms with Crippen LogP contribution in [0, 0.1) is 6.92 Å². The summed E-state index contributed by atoms with van der Waals surface area (Å²) in [6, 6.07) is 13.2. The summed E-state index contributed by atoms with van der Waals surface area (Å²) in [5.74, 6) is 0. The number of rotatable bonds is 5. The molecule has 0 saturated carbocycles. The normalized spacial score (nSPS) is 11.1. The van der Waals surface area contributed by atoms with E-state index < -0.39 is 6.09 Å². The lowest BCUT2D eigenvalue weighted by Gasteiger charge is -2.09. The van der Waals surface area contributed by atoms with Crippen LogP contribution in [0.1, 0.15) is 23.6 Å². The van der Waals surface area contributed by atoms with Gasteiger partial charge in [-0.3, -0.25) is 5.32 Å². The van der Waals surface area contributed by atoms with E-state index in [9.17, 15) is 4.79 Å². The highest BCUT2D eigenvalue weighted by Crippen LogP contribution is 2.23. The summed E-state index contributed by atoms with van der Waals surface area (Å²) < 4.78 is 4.57. The number of hydrogen-bond acceptors (Lipinski definition) is 4. The Balaban J connectivity index is 2.06. The monoisotopic (exact) mass is 346 g/mol. The maximum Gasteiger partial charge on any atom is 0.411 e. The molecule has 0 fully saturated rings. The minimum atomic E-state index is -0.584. The first-order valence-electron chi connectivity index (χ1n) is 7.36. The number of nitrogens with one attached hydrogen (secondary N) is 1. The zero-order chi connectivity index (χ0) is 17.5. The van der Waals surface area contributed by atoms with Crippen molar-refractivity contribution < 1.29 is 14.4 Å². The van der Waals surface area contributed by atoms with Gasteiger partial charge >= 0.3 is 6.09 Å². The lowest BCUT2D eigenvalue weighted by atomic mass is 10.1. The zero-order valence-electron chi connectivity index (χ0n) is 13.8. The largest absolute Gasteiger partial charge is 0.453 e. The first-order chi connectivity index (χ1) is 11.5. The van der Waals surface area contributed by atoms with Gasteiger partial charge in [0.15, 0.2) is 0 Å². The molecule has 2 rings (SSSR count). The summed E-state index contributed by atoms with van der Waals surface area (Å²) >= 11 is 6.06. The molecule has 0 aliphatic heterocycles. The highest BCUT2D eigenvalue weighted by atomic mass is 35.5. The van der Waals surface area contributed by atoms with E-state index in [1.807, 2.05) is 38.1 Å². The van der Waals surface area contributed by atoms with E-state index in [1.54, 1.807) is 18.2 Å². The van der Waals surface area contributed by atoms with E-state index in [4.69, 9.17) is 16.4 Å². The van der Waals surface area contributed by atoms with Crippen LogP contribution in [-0.2, 0) is 16.2 Å². The van der Waals surface area contributed by atoms with Gasteiger partial charge in [-0.25, -0.2) is 4.79 Å². The molecular weight excluding hydrogens is 328 g/mol. The molecule has 0 aromatic heterocycles. The van der Waals surface area contributed by atoms with Crippen molar-refractivity contribution >= 4 is 29.1 Å². The second kappa shape index (κ2) is 8.36. The number of hydrogen-bond donors (Lipinski definition) is 1. The fourth-order valence-corrected chi connectivity index (χ4v) is 2.23. The van der Waals surface area contributed by atoms with Crippen LogP contribution in [0.3, 0.4) is 0 Å². The van der Waals surface area contributed by atoms with Crippen molar-refractivity contribution in [3.8, 4) is 0 Å². The second-order valence-corrected chi connectivity index (χ2v) is 5.66. The molecule has 0 atom stereocenters. The molecule has 0 aliphatic rings. The zero-order valence-corrected chi connectivity index (χ0v) is 14.6. The summed E-state index contributed by atoms with van der Waals surface area (Å²) in [7, 11) is 1.29. The van der Waals surface area contributed by atoms with Crippen LogP contribution in [0.4, 0.5) is 10.5 Å². The Kier molecular flexibility index (Phi) is 6.21. The van der Waals surface area contributed by atoms with Gasteiger partial charge in [-0.05, 0) is 31.5 Å². The average molecular weight is 347 g/mol. The van der Waals surface area contributed by atoms with E-state index in [1.165, 1.54) is 12.7 Å². The fraction of sp³-hybridized carbons (Fsp3) is 0.222. The predicted molar refractivity (Wildman–Crippen MR) is 95.7 cm³/mol. The van der Waals surface area contributed by atoms with Crippen LogP contribution < -0.4 is 5.32 Å². The highest BCUT2D eigenvalue weighted by molar-refractivity contribution is 6.33. The van der Waals surface area contributed by atoms with Crippen molar-refractivity contribution in [1.82, 2.24) is 0 Å². The van der Waals surface area contributed by atoms with Crippen molar-refractivity contribution in [3.05, 3.63) is 64.2 Å². The molecule has 0 saturated heterocycles. The fourth-order valence-electron chi connectivity index (χ4n) is 2.07. The number of carbonyl (C=O) groups excluding carboxylic acids is 1. The van der Waals surface area contributed by atoms with Gasteiger partial charge in [-0.1, -0.05) is 52.7 Å². The molecule has 2 aromatic carbocycles. The molecular formula is C18H19ClN2O3. The number of benzene rings is 2. The topological polar surface area (TPSA) is 59.9 Å². The van der Waals surface area contributed by atoms with Crippen LogP contribution in [0.5, 0.6) is 0 Å². The Morgan fingerprint density at radius 1 is 1.25 bits per heavy atom. The molecule has 0 heterocycles. The van der Waals surface area contributed by atoms with E-state index >= 15 is 0 Å². The number of ether oxygens (including phenoxy) is 1. The van der Waals surface area contributed by atoms with Gasteiger partial charge in [0, 0.05) is 5.56 Å². The molecule has 0 spiro atoms. The van der Waals surface area contributed by atoms with E-state index in [0.717, 1.165) is 11.1 Å². The van der Waals surface area contributed by atoms with Gasteiger partial charge in [0.05, 0.1) is 23.5 Å². The molecule has 5 nitrogen and oxygen atoms in total. The predicted octanol–water partition coefficient (Wildman–Crippen LogP) is 4.77. The molecule has 126 valence electrons. The molecule has 0 radical (unpaired) electrons. The van der Waals surface area contributed by atoms with Crippen LogP contribution >= 0.6 is 11.6 Å². The number of carbonyl (C=O) groups is 1. The van der Waals surface area contributed by atoms with Crippen molar-refractivity contribution in [2.75, 3.05) is 12.4 Å². The standard InChI is InChI=1S/C18H19ClN2O3/c1-12-5-4-6-14(9-12)11-24-21-13(2)15-7-8-16(19)17(10-15)20-18(22)23-3/h4-10H,11H2,1-3H3,(H,20,22). The number of oxime groups is 1. The molecule has 0 bridgehead atoms. The third-order valence-electron chi connectivity index (χ3n) is 3.32. The number of anilines is 1. The summed E-state index contributed by atoms with van der Waals surface area (Å²) in [5, 5.41) is 7.09. The van der Waals surface area contributed by atoms with Gasteiger partial charge < -0.3 is 9.57 Å². The summed E-state index contributed by atoms with van der Waals surface area (Å²) in [6.07, 6.45) is -0.584. The van der Waals surface area contributed by atoms with Crippen LogP contribution in [0.2, 0.25) is 5.02 Å². The smallest absolute Gasteiger partial charge is 0.411 e. The molecule has 6 heteroatoms. The van der Waals surface area contributed by atoms with Crippen molar-refractivity contribution in [2.24, 2.45) is 5.16 Å². The Bertz CT molecular complexity index is 760. The first-order valence-corrected chi connectivity index (χ1v) is 7.74. The van der Waals surface area contributed by atoms with Gasteiger partial charge in [0.1, 0.15) is 6.61 Å². The summed E-state index contributed by atoms with van der Waals surface area (Å²) in [4.78, 5) is 16.7. The number of amides is 1. The molecule has 0 unspecified atom stereocenters. The summed E-state index contributed by atoms with van der Waals surface area (Å²) in [5.41, 5.74) is 4.14. The quantitative estimate of drug-likeness (QED) is 0.626. The van der Waals surface area contributed by atoms with E-state index in [-0.39, 0.29) is 0 Å². The lowest BCUT2D eigenvalue weighted by Crippen LogP contribution is -2.12. The Morgan fingerprint density at radius 3 is 2.75 bits per heavy atom. The van der Waals surface area contributed by atoms with Crippen molar-refractivity contribution in [2.45, 2.75) is 20.5 Å². The Hall–Kier alpha value is -2.53. The second-order valence-electron chi connectivity index (χ2n) is 5.25. The third-order valence-corrected chi connectivity index (χ3v) is 3.65. The van der Waals surface area contributed by atoms with Crippen LogP contribution in [-0.4, -0.2) is 18.9 Å². The average Bonchev–Trinajstić information content (AvgIpc) is 2.56. The van der Waals surface area contributed by atoms with E-state index in [2.05, 4.69) is 15.2 Å².